The van der Waals surface area contributed by atoms with Crippen LogP contribution in [0.15, 0.2) is 18.2 Å². The highest BCUT2D eigenvalue weighted by Crippen LogP contribution is 2.33. The molecule has 1 rings (SSSR count). The average Bonchev–Trinajstić information content (AvgIpc) is 2.02. The molecule has 0 bridgehead atoms. The summed E-state index contributed by atoms with van der Waals surface area (Å²) in [5, 5.41) is 9.33. The number of aryl methyl sites for hydroxylation is 1. The van der Waals surface area contributed by atoms with Crippen molar-refractivity contribution in [2.75, 3.05) is 0 Å². The summed E-state index contributed by atoms with van der Waals surface area (Å²) >= 11 is 16.3. The zero-order chi connectivity index (χ0) is 10.8. The first-order chi connectivity index (χ1) is 6.39. The van der Waals surface area contributed by atoms with E-state index >= 15 is 0 Å². The Morgan fingerprint density at radius 3 is 2.57 bits per heavy atom. The van der Waals surface area contributed by atoms with Crippen molar-refractivity contribution in [3.63, 3.8) is 0 Å². The highest BCUT2D eigenvalue weighted by atomic mass is 35.6. The lowest BCUT2D eigenvalue weighted by Gasteiger charge is -2.08. The SMILES string of the molecule is Cc1cc(/C=C(/O)C(Cl)(Cl)Cl)ncn1. The van der Waals surface area contributed by atoms with Crippen LogP contribution in [0.4, 0.5) is 0 Å². The summed E-state index contributed by atoms with van der Waals surface area (Å²) in [6.45, 7) is 1.80. The molecule has 1 aromatic heterocycles. The van der Waals surface area contributed by atoms with Crippen LogP contribution < -0.4 is 0 Å². The smallest absolute Gasteiger partial charge is 0.247 e. The maximum atomic E-state index is 9.33. The molecule has 0 unspecified atom stereocenters. The largest absolute Gasteiger partial charge is 0.508 e. The van der Waals surface area contributed by atoms with Crippen LogP contribution in [-0.4, -0.2) is 18.9 Å². The maximum Gasteiger partial charge on any atom is 0.247 e. The van der Waals surface area contributed by atoms with Gasteiger partial charge in [0, 0.05) is 11.8 Å². The first kappa shape index (κ1) is 11.6. The zero-order valence-corrected chi connectivity index (χ0v) is 9.48. The second kappa shape index (κ2) is 4.34. The van der Waals surface area contributed by atoms with Gasteiger partial charge in [0.15, 0.2) is 0 Å². The zero-order valence-electron chi connectivity index (χ0n) is 7.21. The van der Waals surface area contributed by atoms with E-state index in [1.54, 1.807) is 13.0 Å². The molecule has 1 heterocycles. The van der Waals surface area contributed by atoms with Gasteiger partial charge in [0.2, 0.25) is 3.79 Å². The normalized spacial score (nSPS) is 13.0. The standard InChI is InChI=1S/C8H7Cl3N2O/c1-5-2-6(13-4-12-5)3-7(14)8(9,10)11/h2-4,14H,1H3/b7-3+. The fourth-order valence-corrected chi connectivity index (χ4v) is 0.940. The summed E-state index contributed by atoms with van der Waals surface area (Å²) < 4.78 is -1.82. The lowest BCUT2D eigenvalue weighted by atomic mass is 10.3. The van der Waals surface area contributed by atoms with Crippen molar-refractivity contribution in [2.45, 2.75) is 10.7 Å². The van der Waals surface area contributed by atoms with Crippen LogP contribution in [0.5, 0.6) is 0 Å². The number of rotatable bonds is 1. The molecule has 0 aromatic carbocycles. The molecule has 0 atom stereocenters. The molecule has 3 nitrogen and oxygen atoms in total. The summed E-state index contributed by atoms with van der Waals surface area (Å²) in [4.78, 5) is 7.76. The summed E-state index contributed by atoms with van der Waals surface area (Å²) in [6.07, 6.45) is 2.65. The fraction of sp³-hybridized carbons (Fsp3) is 0.250. The van der Waals surface area contributed by atoms with Gasteiger partial charge in [0.05, 0.1) is 5.69 Å². The summed E-state index contributed by atoms with van der Waals surface area (Å²) in [5.41, 5.74) is 1.25. The van der Waals surface area contributed by atoms with Gasteiger partial charge in [0.25, 0.3) is 0 Å². The number of halogens is 3. The molecule has 0 radical (unpaired) electrons. The van der Waals surface area contributed by atoms with Gasteiger partial charge in [-0.15, -0.1) is 0 Å². The molecule has 1 aromatic rings. The first-order valence-corrected chi connectivity index (χ1v) is 4.79. The van der Waals surface area contributed by atoms with Gasteiger partial charge in [0.1, 0.15) is 12.1 Å². The number of hydrogen-bond donors (Lipinski definition) is 1. The molecule has 0 aliphatic carbocycles. The Balaban J connectivity index is 2.98. The van der Waals surface area contributed by atoms with E-state index < -0.39 is 3.79 Å². The molecule has 0 saturated heterocycles. The van der Waals surface area contributed by atoms with Gasteiger partial charge in [-0.25, -0.2) is 9.97 Å². The monoisotopic (exact) mass is 252 g/mol. The van der Waals surface area contributed by atoms with Crippen LogP contribution in [0, 0.1) is 6.92 Å². The van der Waals surface area contributed by atoms with Gasteiger partial charge < -0.3 is 5.11 Å². The predicted molar refractivity (Wildman–Crippen MR) is 57.7 cm³/mol. The second-order valence-electron chi connectivity index (χ2n) is 2.61. The highest BCUT2D eigenvalue weighted by Gasteiger charge is 2.25. The summed E-state index contributed by atoms with van der Waals surface area (Å²) in [5.74, 6) is -0.374. The second-order valence-corrected chi connectivity index (χ2v) is 4.89. The fourth-order valence-electron chi connectivity index (χ4n) is 0.776. The Bertz CT molecular complexity index is 360. The van der Waals surface area contributed by atoms with Crippen molar-refractivity contribution in [3.05, 3.63) is 29.5 Å². The van der Waals surface area contributed by atoms with Crippen LogP contribution in [0.2, 0.25) is 0 Å². The number of allylic oxidation sites excluding steroid dienone is 1. The number of aliphatic hydroxyl groups is 1. The Morgan fingerprint density at radius 2 is 2.07 bits per heavy atom. The van der Waals surface area contributed by atoms with Crippen molar-refractivity contribution < 1.29 is 5.11 Å². The quantitative estimate of drug-likeness (QED) is 0.618. The maximum absolute atomic E-state index is 9.33. The number of aliphatic hydroxyl groups excluding tert-OH is 1. The lowest BCUT2D eigenvalue weighted by molar-refractivity contribution is 0.407. The minimum atomic E-state index is -1.82. The van der Waals surface area contributed by atoms with Crippen LogP contribution in [-0.2, 0) is 0 Å². The van der Waals surface area contributed by atoms with Crippen LogP contribution in [0.3, 0.4) is 0 Å². The van der Waals surface area contributed by atoms with Gasteiger partial charge in [-0.1, -0.05) is 34.8 Å². The van der Waals surface area contributed by atoms with E-state index in [1.807, 2.05) is 0 Å². The molecule has 0 fully saturated rings. The van der Waals surface area contributed by atoms with Gasteiger partial charge >= 0.3 is 0 Å². The lowest BCUT2D eigenvalue weighted by Crippen LogP contribution is -2.06. The minimum Gasteiger partial charge on any atom is -0.508 e. The Kier molecular flexibility index (Phi) is 3.59. The third kappa shape index (κ3) is 3.33. The summed E-state index contributed by atoms with van der Waals surface area (Å²) in [7, 11) is 0. The predicted octanol–water partition coefficient (Wildman–Crippen LogP) is 3.05. The number of aromatic nitrogens is 2. The molecule has 1 N–H and O–H groups in total. The van der Waals surface area contributed by atoms with Crippen LogP contribution in [0.1, 0.15) is 11.4 Å². The van der Waals surface area contributed by atoms with E-state index in [1.165, 1.54) is 12.4 Å². The Hall–Kier alpha value is -0.510. The van der Waals surface area contributed by atoms with E-state index in [0.717, 1.165) is 5.69 Å². The van der Waals surface area contributed by atoms with E-state index in [-0.39, 0.29) is 5.76 Å². The molecule has 76 valence electrons. The molecular formula is C8H7Cl3N2O. The molecule has 0 aliphatic rings. The van der Waals surface area contributed by atoms with E-state index in [4.69, 9.17) is 34.8 Å². The molecule has 0 spiro atoms. The van der Waals surface area contributed by atoms with Crippen molar-refractivity contribution in [2.24, 2.45) is 0 Å². The summed E-state index contributed by atoms with van der Waals surface area (Å²) in [6, 6.07) is 1.66. The van der Waals surface area contributed by atoms with Crippen LogP contribution in [0.25, 0.3) is 6.08 Å². The Morgan fingerprint density at radius 1 is 1.43 bits per heavy atom. The van der Waals surface area contributed by atoms with Crippen molar-refractivity contribution in [1.29, 1.82) is 0 Å². The molecule has 0 saturated carbocycles. The Labute approximate surface area is 96.3 Å². The molecular weight excluding hydrogens is 246 g/mol. The van der Waals surface area contributed by atoms with Crippen molar-refractivity contribution in [1.82, 2.24) is 9.97 Å². The van der Waals surface area contributed by atoms with E-state index in [9.17, 15) is 5.11 Å². The number of alkyl halides is 3. The van der Waals surface area contributed by atoms with E-state index in [2.05, 4.69) is 9.97 Å². The number of nitrogens with zero attached hydrogens (tertiary/aromatic N) is 2. The highest BCUT2D eigenvalue weighted by molar-refractivity contribution is 6.69. The molecule has 6 heteroatoms. The average molecular weight is 254 g/mol. The molecule has 0 aliphatic heterocycles. The third-order valence-electron chi connectivity index (χ3n) is 1.40. The minimum absolute atomic E-state index is 0.374. The van der Waals surface area contributed by atoms with Crippen molar-refractivity contribution in [3.8, 4) is 0 Å². The van der Waals surface area contributed by atoms with E-state index in [0.29, 0.717) is 5.69 Å². The molecule has 14 heavy (non-hydrogen) atoms. The third-order valence-corrected chi connectivity index (χ3v) is 1.98. The van der Waals surface area contributed by atoms with Crippen LogP contribution >= 0.6 is 34.8 Å². The topological polar surface area (TPSA) is 46.0 Å². The molecule has 0 amide bonds. The van der Waals surface area contributed by atoms with Crippen molar-refractivity contribution >= 4 is 40.9 Å². The van der Waals surface area contributed by atoms with Gasteiger partial charge in [-0.05, 0) is 13.0 Å². The first-order valence-electron chi connectivity index (χ1n) is 3.66. The van der Waals surface area contributed by atoms with Gasteiger partial charge in [-0.2, -0.15) is 0 Å². The number of hydrogen-bond acceptors (Lipinski definition) is 3. The van der Waals surface area contributed by atoms with Gasteiger partial charge in [-0.3, -0.25) is 0 Å².